The number of ether oxygens (including phenoxy) is 1. The van der Waals surface area contributed by atoms with Gasteiger partial charge in [-0.15, -0.1) is 0 Å². The Bertz CT molecular complexity index is 856. The van der Waals surface area contributed by atoms with Gasteiger partial charge in [0.25, 0.3) is 5.91 Å². The fourth-order valence-electron chi connectivity index (χ4n) is 4.07. The first-order valence-corrected chi connectivity index (χ1v) is 9.50. The Morgan fingerprint density at radius 1 is 1.22 bits per heavy atom. The number of aromatic nitrogens is 3. The van der Waals surface area contributed by atoms with Crippen LogP contribution >= 0.6 is 0 Å². The third kappa shape index (κ3) is 3.18. The molecule has 2 aliphatic heterocycles. The van der Waals surface area contributed by atoms with Crippen LogP contribution < -0.4 is 0 Å². The smallest absolute Gasteiger partial charge is 0.258 e. The summed E-state index contributed by atoms with van der Waals surface area (Å²) in [6, 6.07) is 1.87. The first-order chi connectivity index (χ1) is 13.1. The van der Waals surface area contributed by atoms with Crippen LogP contribution in [0, 0.1) is 5.92 Å². The van der Waals surface area contributed by atoms with Crippen molar-refractivity contribution in [3.05, 3.63) is 29.7 Å². The van der Waals surface area contributed by atoms with Crippen molar-refractivity contribution in [3.63, 3.8) is 0 Å². The number of fused-ring (bicyclic) bond motifs is 1. The zero-order valence-corrected chi connectivity index (χ0v) is 15.8. The molecule has 0 aliphatic carbocycles. The molecule has 2 aromatic rings. The van der Waals surface area contributed by atoms with Crippen molar-refractivity contribution in [3.8, 4) is 0 Å². The van der Waals surface area contributed by atoms with E-state index >= 15 is 0 Å². The number of carbonyl (C=O) groups is 2. The van der Waals surface area contributed by atoms with Gasteiger partial charge in [0.1, 0.15) is 5.56 Å². The lowest BCUT2D eigenvalue weighted by Crippen LogP contribution is -2.38. The second-order valence-electron chi connectivity index (χ2n) is 7.44. The number of likely N-dealkylation sites (tertiary alicyclic amines) is 1. The first-order valence-electron chi connectivity index (χ1n) is 9.50. The molecule has 2 aliphatic rings. The maximum atomic E-state index is 13.1. The quantitative estimate of drug-likeness (QED) is 0.817. The van der Waals surface area contributed by atoms with Gasteiger partial charge in [-0.25, -0.2) is 9.50 Å². The minimum absolute atomic E-state index is 0.0342. The van der Waals surface area contributed by atoms with Gasteiger partial charge in [0, 0.05) is 46.0 Å². The zero-order valence-electron chi connectivity index (χ0n) is 15.8. The monoisotopic (exact) mass is 371 g/mol. The second-order valence-corrected chi connectivity index (χ2v) is 7.44. The van der Waals surface area contributed by atoms with E-state index in [2.05, 4.69) is 10.1 Å². The lowest BCUT2D eigenvalue weighted by Gasteiger charge is -2.30. The SMILES string of the molecule is CN(C)C(=O)c1cnn2c([C@H]3CCCN3C(=O)C3CCOCC3)ccnc12. The molecule has 2 aromatic heterocycles. The maximum Gasteiger partial charge on any atom is 0.258 e. The minimum Gasteiger partial charge on any atom is -0.381 e. The topological polar surface area (TPSA) is 80.0 Å². The molecule has 0 spiro atoms. The highest BCUT2D eigenvalue weighted by molar-refractivity contribution is 5.99. The van der Waals surface area contributed by atoms with Gasteiger partial charge in [-0.1, -0.05) is 0 Å². The molecule has 2 fully saturated rings. The van der Waals surface area contributed by atoms with Crippen molar-refractivity contribution in [1.82, 2.24) is 24.4 Å². The van der Waals surface area contributed by atoms with Crippen LogP contribution in [0.2, 0.25) is 0 Å². The predicted octanol–water partition coefficient (Wildman–Crippen LogP) is 1.52. The van der Waals surface area contributed by atoms with E-state index in [0.717, 1.165) is 37.9 Å². The lowest BCUT2D eigenvalue weighted by atomic mass is 9.98. The predicted molar refractivity (Wildman–Crippen MR) is 98.2 cm³/mol. The van der Waals surface area contributed by atoms with E-state index < -0.39 is 0 Å². The highest BCUT2D eigenvalue weighted by Crippen LogP contribution is 2.34. The maximum absolute atomic E-state index is 13.1. The summed E-state index contributed by atoms with van der Waals surface area (Å²) in [6.07, 6.45) is 6.70. The summed E-state index contributed by atoms with van der Waals surface area (Å²) in [6.45, 7) is 2.07. The van der Waals surface area contributed by atoms with E-state index in [9.17, 15) is 9.59 Å². The van der Waals surface area contributed by atoms with Gasteiger partial charge in [0.2, 0.25) is 5.91 Å². The van der Waals surface area contributed by atoms with Crippen LogP contribution in [-0.4, -0.2) is 70.1 Å². The van der Waals surface area contributed by atoms with Crippen LogP contribution in [0.3, 0.4) is 0 Å². The van der Waals surface area contributed by atoms with Crippen LogP contribution in [0.5, 0.6) is 0 Å². The largest absolute Gasteiger partial charge is 0.381 e. The Hall–Kier alpha value is -2.48. The second kappa shape index (κ2) is 7.26. The standard InChI is InChI=1S/C19H25N5O3/c1-22(2)19(26)14-12-21-24-16(5-8-20-17(14)24)15-4-3-9-23(15)18(25)13-6-10-27-11-7-13/h5,8,12-13,15H,3-4,6-7,9-11H2,1-2H3/t15-/m1/s1. The van der Waals surface area contributed by atoms with Gasteiger partial charge in [0.05, 0.1) is 17.9 Å². The molecule has 0 saturated carbocycles. The first kappa shape index (κ1) is 17.9. The summed E-state index contributed by atoms with van der Waals surface area (Å²) in [5, 5.41) is 4.42. The highest BCUT2D eigenvalue weighted by Gasteiger charge is 2.36. The number of rotatable bonds is 3. The number of nitrogens with zero attached hydrogens (tertiary/aromatic N) is 5. The zero-order chi connectivity index (χ0) is 19.0. The van der Waals surface area contributed by atoms with Gasteiger partial charge >= 0.3 is 0 Å². The average Bonchev–Trinajstić information content (AvgIpc) is 3.34. The molecule has 4 heterocycles. The summed E-state index contributed by atoms with van der Waals surface area (Å²) in [5.74, 6) is 0.124. The Morgan fingerprint density at radius 3 is 2.74 bits per heavy atom. The van der Waals surface area contributed by atoms with Crippen LogP contribution in [0.15, 0.2) is 18.5 Å². The molecule has 0 bridgehead atoms. The van der Waals surface area contributed by atoms with Crippen molar-refractivity contribution in [2.24, 2.45) is 5.92 Å². The Morgan fingerprint density at radius 2 is 2.00 bits per heavy atom. The van der Waals surface area contributed by atoms with E-state index in [1.165, 1.54) is 4.90 Å². The van der Waals surface area contributed by atoms with Crippen LogP contribution in [0.4, 0.5) is 0 Å². The van der Waals surface area contributed by atoms with Gasteiger partial charge < -0.3 is 14.5 Å². The van der Waals surface area contributed by atoms with E-state index in [1.54, 1.807) is 31.0 Å². The molecular weight excluding hydrogens is 346 g/mol. The molecule has 2 amide bonds. The Kier molecular flexibility index (Phi) is 4.82. The summed E-state index contributed by atoms with van der Waals surface area (Å²) < 4.78 is 7.12. The molecule has 2 saturated heterocycles. The van der Waals surface area contributed by atoms with Gasteiger partial charge in [-0.2, -0.15) is 5.10 Å². The molecule has 0 N–H and O–H groups in total. The Balaban J connectivity index is 1.66. The summed E-state index contributed by atoms with van der Waals surface area (Å²) in [5.41, 5.74) is 1.93. The van der Waals surface area contributed by atoms with Gasteiger partial charge in [-0.05, 0) is 31.7 Å². The van der Waals surface area contributed by atoms with E-state index in [4.69, 9.17) is 4.74 Å². The van der Waals surface area contributed by atoms with E-state index in [1.807, 2.05) is 11.0 Å². The van der Waals surface area contributed by atoms with Crippen molar-refractivity contribution >= 4 is 17.5 Å². The molecule has 27 heavy (non-hydrogen) atoms. The molecule has 8 nitrogen and oxygen atoms in total. The van der Waals surface area contributed by atoms with Crippen molar-refractivity contribution in [2.45, 2.75) is 31.7 Å². The molecule has 4 rings (SSSR count). The summed E-state index contributed by atoms with van der Waals surface area (Å²) in [7, 11) is 3.42. The van der Waals surface area contributed by atoms with Crippen molar-refractivity contribution < 1.29 is 14.3 Å². The van der Waals surface area contributed by atoms with E-state index in [-0.39, 0.29) is 23.8 Å². The van der Waals surface area contributed by atoms with Gasteiger partial charge in [-0.3, -0.25) is 9.59 Å². The number of amides is 2. The number of hydrogen-bond acceptors (Lipinski definition) is 5. The van der Waals surface area contributed by atoms with Crippen LogP contribution in [0.1, 0.15) is 47.8 Å². The van der Waals surface area contributed by atoms with Crippen LogP contribution in [-0.2, 0) is 9.53 Å². The molecule has 0 aromatic carbocycles. The molecule has 144 valence electrons. The molecular formula is C19H25N5O3. The third-order valence-electron chi connectivity index (χ3n) is 5.51. The molecule has 0 unspecified atom stereocenters. The molecule has 1 atom stereocenters. The summed E-state index contributed by atoms with van der Waals surface area (Å²) >= 11 is 0. The van der Waals surface area contributed by atoms with E-state index in [0.29, 0.717) is 24.4 Å². The third-order valence-corrected chi connectivity index (χ3v) is 5.51. The summed E-state index contributed by atoms with van der Waals surface area (Å²) in [4.78, 5) is 33.3. The normalized spacial score (nSPS) is 21.0. The highest BCUT2D eigenvalue weighted by atomic mass is 16.5. The average molecular weight is 371 g/mol. The fourth-order valence-corrected chi connectivity index (χ4v) is 4.07. The van der Waals surface area contributed by atoms with Crippen molar-refractivity contribution in [1.29, 1.82) is 0 Å². The van der Waals surface area contributed by atoms with Gasteiger partial charge in [0.15, 0.2) is 5.65 Å². The van der Waals surface area contributed by atoms with Crippen molar-refractivity contribution in [2.75, 3.05) is 33.9 Å². The Labute approximate surface area is 158 Å². The minimum atomic E-state index is -0.129. The van der Waals surface area contributed by atoms with Crippen LogP contribution in [0.25, 0.3) is 5.65 Å². The number of carbonyl (C=O) groups excluding carboxylic acids is 2. The fraction of sp³-hybridized carbons (Fsp3) is 0.579. The lowest BCUT2D eigenvalue weighted by molar-refractivity contribution is -0.139. The number of hydrogen-bond donors (Lipinski definition) is 0. The molecule has 8 heteroatoms. The molecule has 0 radical (unpaired) electrons.